The first-order chi connectivity index (χ1) is 14.3. The number of carbonyl (C=O) groups is 2. The van der Waals surface area contributed by atoms with E-state index in [1.54, 1.807) is 11.9 Å². The molecule has 174 valence electrons. The number of amidine groups is 2. The van der Waals surface area contributed by atoms with Gasteiger partial charge in [0.05, 0.1) is 5.25 Å². The van der Waals surface area contributed by atoms with Gasteiger partial charge in [-0.2, -0.15) is 0 Å². The Kier molecular flexibility index (Phi) is 8.63. The van der Waals surface area contributed by atoms with E-state index in [4.69, 9.17) is 4.43 Å². The summed E-state index contributed by atoms with van der Waals surface area (Å²) in [5.41, 5.74) is 1.41. The smallest absolute Gasteiger partial charge is 0.267 e. The maximum atomic E-state index is 13.0. The summed E-state index contributed by atoms with van der Waals surface area (Å²) in [5.74, 6) is -0.108. The second kappa shape index (κ2) is 10.2. The number of carbonyl (C=O) groups excluding carboxylic acids is 2. The highest BCUT2D eigenvalue weighted by Crippen LogP contribution is 2.45. The molecular weight excluding hydrogens is 448 g/mol. The molecular formula is C21H36N4O3S2Si. The number of amides is 2. The minimum absolute atomic E-state index is 0.00162. The van der Waals surface area contributed by atoms with Gasteiger partial charge in [0.25, 0.3) is 5.91 Å². The third kappa shape index (κ3) is 5.28. The summed E-state index contributed by atoms with van der Waals surface area (Å²) in [7, 11) is -0.519. The molecule has 2 saturated heterocycles. The Bertz CT molecular complexity index is 776. The SMILES string of the molecule is C=C(C)CN1C(=O)C(C)SC1=NN=C1SC(O[Si](C(C)C)(C(C)C)C(C)C)C(=O)N1C. The van der Waals surface area contributed by atoms with Gasteiger partial charge in [0.1, 0.15) is 0 Å². The average molecular weight is 485 g/mol. The highest BCUT2D eigenvalue weighted by atomic mass is 32.2. The van der Waals surface area contributed by atoms with E-state index < -0.39 is 13.8 Å². The van der Waals surface area contributed by atoms with Crippen molar-refractivity contribution in [2.24, 2.45) is 10.2 Å². The van der Waals surface area contributed by atoms with Gasteiger partial charge in [0.15, 0.2) is 15.8 Å². The van der Waals surface area contributed by atoms with Crippen LogP contribution in [0, 0.1) is 0 Å². The van der Waals surface area contributed by atoms with Crippen molar-refractivity contribution in [3.8, 4) is 0 Å². The topological polar surface area (TPSA) is 74.6 Å². The summed E-state index contributed by atoms with van der Waals surface area (Å²) in [6, 6.07) is 0. The Hall–Kier alpha value is -1.10. The second-order valence-electron chi connectivity index (χ2n) is 9.19. The van der Waals surface area contributed by atoms with Crippen LogP contribution in [0.5, 0.6) is 0 Å². The van der Waals surface area contributed by atoms with Crippen LogP contribution < -0.4 is 0 Å². The zero-order chi connectivity index (χ0) is 23.7. The molecule has 31 heavy (non-hydrogen) atoms. The van der Waals surface area contributed by atoms with Crippen molar-refractivity contribution in [2.75, 3.05) is 13.6 Å². The lowest BCUT2D eigenvalue weighted by molar-refractivity contribution is -0.129. The van der Waals surface area contributed by atoms with E-state index in [0.717, 1.165) is 5.57 Å². The van der Waals surface area contributed by atoms with Gasteiger partial charge in [-0.25, -0.2) is 0 Å². The van der Waals surface area contributed by atoms with Crippen molar-refractivity contribution in [3.05, 3.63) is 12.2 Å². The lowest BCUT2D eigenvalue weighted by Gasteiger charge is -2.43. The summed E-state index contributed by atoms with van der Waals surface area (Å²) >= 11 is 2.68. The average Bonchev–Trinajstić information content (AvgIpc) is 3.07. The van der Waals surface area contributed by atoms with E-state index >= 15 is 0 Å². The summed E-state index contributed by atoms with van der Waals surface area (Å²) in [6.45, 7) is 21.2. The van der Waals surface area contributed by atoms with Gasteiger partial charge < -0.3 is 4.43 Å². The van der Waals surface area contributed by atoms with Crippen molar-refractivity contribution < 1.29 is 14.0 Å². The molecule has 0 aromatic heterocycles. The highest BCUT2D eigenvalue weighted by Gasteiger charge is 2.50. The molecule has 2 fully saturated rings. The van der Waals surface area contributed by atoms with Crippen LogP contribution in [0.4, 0.5) is 0 Å². The molecule has 2 heterocycles. The first-order valence-corrected chi connectivity index (χ1v) is 14.6. The molecule has 10 heteroatoms. The van der Waals surface area contributed by atoms with Crippen LogP contribution in [0.25, 0.3) is 0 Å². The van der Waals surface area contributed by atoms with Crippen molar-refractivity contribution in [1.29, 1.82) is 0 Å². The molecule has 0 aliphatic carbocycles. The van der Waals surface area contributed by atoms with E-state index in [0.29, 0.717) is 33.5 Å². The molecule has 0 bridgehead atoms. The van der Waals surface area contributed by atoms with Gasteiger partial charge in [0.2, 0.25) is 14.2 Å². The third-order valence-corrected chi connectivity index (χ3v) is 14.2. The first kappa shape index (κ1) is 26.2. The first-order valence-electron chi connectivity index (χ1n) is 10.7. The van der Waals surface area contributed by atoms with Gasteiger partial charge in [-0.1, -0.05) is 65.5 Å². The number of likely N-dealkylation sites (N-methyl/N-ethyl adjacent to an activating group) is 1. The molecule has 0 saturated carbocycles. The van der Waals surface area contributed by atoms with Crippen LogP contribution in [0.3, 0.4) is 0 Å². The van der Waals surface area contributed by atoms with Crippen molar-refractivity contribution in [2.45, 2.75) is 82.7 Å². The number of rotatable bonds is 8. The number of nitrogens with zero attached hydrogens (tertiary/aromatic N) is 4. The molecule has 2 unspecified atom stereocenters. The number of thioether (sulfide) groups is 2. The largest absolute Gasteiger partial charge is 0.396 e. The van der Waals surface area contributed by atoms with Crippen molar-refractivity contribution in [1.82, 2.24) is 9.80 Å². The molecule has 2 aliphatic heterocycles. The normalized spacial score (nSPS) is 25.4. The second-order valence-corrected chi connectivity index (χ2v) is 16.9. The maximum absolute atomic E-state index is 13.0. The monoisotopic (exact) mass is 484 g/mol. The standard InChI is InChI=1S/C21H36N4O3S2Si/c1-12(2)11-25-17(26)16(9)29-21(25)23-22-20-24(10)18(27)19(30-20)28-31(13(3)4,14(5)6)15(7)8/h13-16,19H,1,11H2,2-10H3. The fraction of sp³-hybridized carbons (Fsp3) is 0.714. The summed E-state index contributed by atoms with van der Waals surface area (Å²) in [4.78, 5) is 28.5. The molecule has 2 amide bonds. The Morgan fingerprint density at radius 2 is 1.55 bits per heavy atom. The van der Waals surface area contributed by atoms with E-state index in [2.05, 4.69) is 58.3 Å². The number of hydrogen-bond donors (Lipinski definition) is 0. The Balaban J connectivity index is 2.28. The van der Waals surface area contributed by atoms with Gasteiger partial charge in [0, 0.05) is 13.6 Å². The predicted octanol–water partition coefficient (Wildman–Crippen LogP) is 4.88. The van der Waals surface area contributed by atoms with Gasteiger partial charge >= 0.3 is 0 Å². The van der Waals surface area contributed by atoms with Crippen molar-refractivity contribution in [3.63, 3.8) is 0 Å². The molecule has 0 radical (unpaired) electrons. The number of hydrogen-bond acceptors (Lipinski definition) is 7. The summed E-state index contributed by atoms with van der Waals surface area (Å²) in [5, 5.41) is 9.49. The van der Waals surface area contributed by atoms with E-state index in [1.807, 2.05) is 13.8 Å². The quantitative estimate of drug-likeness (QED) is 0.279. The highest BCUT2D eigenvalue weighted by molar-refractivity contribution is 8.16. The minimum Gasteiger partial charge on any atom is -0.396 e. The summed E-state index contributed by atoms with van der Waals surface area (Å²) < 4.78 is 6.68. The lowest BCUT2D eigenvalue weighted by Crippen LogP contribution is -2.51. The van der Waals surface area contributed by atoms with Crippen LogP contribution in [0.1, 0.15) is 55.4 Å². The molecule has 0 aromatic carbocycles. The lowest BCUT2D eigenvalue weighted by atomic mass is 10.3. The zero-order valence-corrected chi connectivity index (χ0v) is 22.8. The van der Waals surface area contributed by atoms with E-state index in [9.17, 15) is 9.59 Å². The fourth-order valence-electron chi connectivity index (χ4n) is 4.40. The predicted molar refractivity (Wildman–Crippen MR) is 135 cm³/mol. The Labute approximate surface area is 196 Å². The van der Waals surface area contributed by atoms with Gasteiger partial charge in [-0.3, -0.25) is 19.4 Å². The van der Waals surface area contributed by atoms with Crippen LogP contribution in [0.15, 0.2) is 22.4 Å². The van der Waals surface area contributed by atoms with Crippen molar-refractivity contribution >= 4 is 54.0 Å². The van der Waals surface area contributed by atoms with Gasteiger partial charge in [-0.15, -0.1) is 10.2 Å². The molecule has 2 aliphatic rings. The van der Waals surface area contributed by atoms with Crippen LogP contribution in [-0.2, 0) is 14.0 Å². The molecule has 7 nitrogen and oxygen atoms in total. The van der Waals surface area contributed by atoms with E-state index in [-0.39, 0.29) is 17.1 Å². The molecule has 0 N–H and O–H groups in total. The Morgan fingerprint density at radius 3 is 2.03 bits per heavy atom. The van der Waals surface area contributed by atoms with Crippen LogP contribution >= 0.6 is 23.5 Å². The summed E-state index contributed by atoms with van der Waals surface area (Å²) in [6.07, 6.45) is 0. The molecule has 2 rings (SSSR count). The van der Waals surface area contributed by atoms with Crippen LogP contribution in [0.2, 0.25) is 16.6 Å². The third-order valence-electron chi connectivity index (χ3n) is 5.83. The maximum Gasteiger partial charge on any atom is 0.267 e. The molecule has 2 atom stereocenters. The zero-order valence-electron chi connectivity index (χ0n) is 20.1. The molecule has 0 spiro atoms. The fourth-order valence-corrected chi connectivity index (χ4v) is 12.1. The minimum atomic E-state index is -2.22. The molecule has 0 aromatic rings. The van der Waals surface area contributed by atoms with Gasteiger partial charge in [-0.05, 0) is 42.2 Å². The van der Waals surface area contributed by atoms with E-state index in [1.165, 1.54) is 28.4 Å². The Morgan fingerprint density at radius 1 is 1.03 bits per heavy atom. The van der Waals surface area contributed by atoms with Crippen LogP contribution in [-0.4, -0.2) is 64.5 Å².